The predicted octanol–water partition coefficient (Wildman–Crippen LogP) is 3.61. The normalized spacial score (nSPS) is 26.7. The third kappa shape index (κ3) is 5.01. The molecule has 0 aromatic heterocycles. The average Bonchev–Trinajstić information content (AvgIpc) is 3.53. The number of ether oxygens (including phenoxy) is 1. The smallest absolute Gasteiger partial charge is 0.178 e. The second-order valence-electron chi connectivity index (χ2n) is 9.68. The Morgan fingerprint density at radius 3 is 2.73 bits per heavy atom. The molecule has 7 nitrogen and oxygen atoms in total. The summed E-state index contributed by atoms with van der Waals surface area (Å²) in [7, 11) is 3.18. The van der Waals surface area contributed by atoms with Crippen molar-refractivity contribution < 1.29 is 24.6 Å². The number of allylic oxidation sites excluding steroid dienone is 4. The van der Waals surface area contributed by atoms with Gasteiger partial charge >= 0.3 is 0 Å². The summed E-state index contributed by atoms with van der Waals surface area (Å²) in [6.07, 6.45) is 9.11. The van der Waals surface area contributed by atoms with E-state index in [1.165, 1.54) is 5.57 Å². The van der Waals surface area contributed by atoms with Gasteiger partial charge in [-0.3, -0.25) is 14.5 Å². The molecule has 4 rings (SSSR count). The highest BCUT2D eigenvalue weighted by Gasteiger charge is 2.41. The number of nitrogens with zero attached hydrogens (tertiary/aromatic N) is 1. The minimum atomic E-state index is -1.06. The van der Waals surface area contributed by atoms with Crippen molar-refractivity contribution >= 4 is 5.78 Å². The van der Waals surface area contributed by atoms with Crippen molar-refractivity contribution in [3.63, 3.8) is 0 Å². The largest absolute Gasteiger partial charge is 0.504 e. The molecule has 2 heterocycles. The summed E-state index contributed by atoms with van der Waals surface area (Å²) in [5.41, 5.74) is 7.62. The van der Waals surface area contributed by atoms with Crippen molar-refractivity contribution in [1.29, 1.82) is 0 Å². The maximum atomic E-state index is 13.0. The van der Waals surface area contributed by atoms with Crippen LogP contribution in [0.3, 0.4) is 0 Å². The summed E-state index contributed by atoms with van der Waals surface area (Å²) >= 11 is 0. The highest BCUT2D eigenvalue weighted by Crippen LogP contribution is 2.49. The van der Waals surface area contributed by atoms with Crippen LogP contribution in [-0.2, 0) is 14.4 Å². The Balaban J connectivity index is 1.70. The Bertz CT molecular complexity index is 956. The number of aliphatic hydroxyl groups is 2. The molecule has 7 heteroatoms. The molecule has 2 aliphatic carbocycles. The minimum Gasteiger partial charge on any atom is -0.504 e. The van der Waals surface area contributed by atoms with Crippen LogP contribution in [0.25, 0.3) is 0 Å². The van der Waals surface area contributed by atoms with E-state index in [0.717, 1.165) is 36.0 Å². The van der Waals surface area contributed by atoms with E-state index < -0.39 is 6.29 Å². The molecule has 0 aromatic carbocycles. The maximum Gasteiger partial charge on any atom is 0.178 e. The monoisotopic (exact) mass is 456 g/mol. The van der Waals surface area contributed by atoms with Crippen molar-refractivity contribution in [2.24, 2.45) is 5.92 Å². The van der Waals surface area contributed by atoms with Gasteiger partial charge in [0.1, 0.15) is 0 Å². The van der Waals surface area contributed by atoms with Crippen molar-refractivity contribution in [3.05, 3.63) is 57.6 Å². The second-order valence-corrected chi connectivity index (χ2v) is 9.68. The number of hydroxylamine groups is 1. The molecule has 0 aromatic rings. The van der Waals surface area contributed by atoms with E-state index in [4.69, 9.17) is 9.57 Å². The summed E-state index contributed by atoms with van der Waals surface area (Å²) < 4.78 is 5.48. The van der Waals surface area contributed by atoms with Crippen molar-refractivity contribution in [2.75, 3.05) is 20.7 Å². The number of hydrogen-bond donors (Lipinski definition) is 3. The van der Waals surface area contributed by atoms with E-state index in [0.29, 0.717) is 42.7 Å². The highest BCUT2D eigenvalue weighted by molar-refractivity contribution is 5.95. The standard InChI is InChI=1S/C26H36N2O5/c1-15(2)11-18-6-5-17-12-23(30)26(32-4)20-14-19(20)25(17)21-7-8-22(29)16(9-10-28(18)21)13-24(31)33-27-3/h9,12,14-15,18,21,24,27,30-31H,5-8,10-11,13H2,1-4H3. The summed E-state index contributed by atoms with van der Waals surface area (Å²) in [5.74, 6) is 1.33. The van der Waals surface area contributed by atoms with Crippen LogP contribution >= 0.6 is 0 Å². The third-order valence-corrected chi connectivity index (χ3v) is 7.02. The van der Waals surface area contributed by atoms with Crippen LogP contribution in [0, 0.1) is 5.92 Å². The van der Waals surface area contributed by atoms with E-state index in [1.807, 2.05) is 12.2 Å². The molecule has 3 atom stereocenters. The van der Waals surface area contributed by atoms with Crippen LogP contribution in [0.4, 0.5) is 0 Å². The lowest BCUT2D eigenvalue weighted by Gasteiger charge is -2.39. The molecule has 0 bridgehead atoms. The first kappa shape index (κ1) is 24.0. The number of carbonyl (C=O) groups is 1. The summed E-state index contributed by atoms with van der Waals surface area (Å²) in [4.78, 5) is 20.6. The van der Waals surface area contributed by atoms with Gasteiger partial charge in [0.25, 0.3) is 0 Å². The number of rotatable bonds is 7. The van der Waals surface area contributed by atoms with Crippen LogP contribution in [0.2, 0.25) is 0 Å². The Kier molecular flexibility index (Phi) is 7.24. The van der Waals surface area contributed by atoms with Crippen molar-refractivity contribution in [3.8, 4) is 0 Å². The number of aliphatic hydroxyl groups excluding tert-OH is 2. The zero-order chi connectivity index (χ0) is 23.7. The van der Waals surface area contributed by atoms with Gasteiger partial charge in [-0.15, -0.1) is 0 Å². The molecule has 180 valence electrons. The van der Waals surface area contributed by atoms with Gasteiger partial charge in [-0.25, -0.2) is 5.48 Å². The average molecular weight is 457 g/mol. The fraction of sp³-hybridized carbons (Fsp3) is 0.577. The zero-order valence-corrected chi connectivity index (χ0v) is 20.1. The first-order chi connectivity index (χ1) is 15.8. The van der Waals surface area contributed by atoms with Crippen LogP contribution < -0.4 is 5.48 Å². The second kappa shape index (κ2) is 9.97. The van der Waals surface area contributed by atoms with Crippen LogP contribution in [0.5, 0.6) is 0 Å². The Morgan fingerprint density at radius 1 is 1.24 bits per heavy atom. The van der Waals surface area contributed by atoms with Gasteiger partial charge in [0.15, 0.2) is 23.6 Å². The number of Topliss-reactive ketones (excluding diaryl/α,β-unsaturated/α-hetero) is 1. The molecule has 2 aliphatic heterocycles. The molecular formula is C26H36N2O5. The maximum absolute atomic E-state index is 13.0. The molecule has 0 saturated carbocycles. The number of nitrogens with one attached hydrogen (secondary N) is 1. The van der Waals surface area contributed by atoms with Gasteiger partial charge in [0.2, 0.25) is 0 Å². The van der Waals surface area contributed by atoms with Gasteiger partial charge in [0, 0.05) is 44.1 Å². The molecule has 0 radical (unpaired) electrons. The van der Waals surface area contributed by atoms with Gasteiger partial charge in [0.05, 0.1) is 7.11 Å². The van der Waals surface area contributed by atoms with Crippen LogP contribution in [0.15, 0.2) is 57.6 Å². The first-order valence-electron chi connectivity index (χ1n) is 12.0. The Labute approximate surface area is 196 Å². The highest BCUT2D eigenvalue weighted by atomic mass is 16.7. The third-order valence-electron chi connectivity index (χ3n) is 7.02. The number of methoxy groups -OCH3 is 1. The van der Waals surface area contributed by atoms with E-state index in [9.17, 15) is 15.0 Å². The molecular weight excluding hydrogens is 420 g/mol. The van der Waals surface area contributed by atoms with Crippen molar-refractivity contribution in [1.82, 2.24) is 10.4 Å². The van der Waals surface area contributed by atoms with E-state index in [-0.39, 0.29) is 24.0 Å². The summed E-state index contributed by atoms with van der Waals surface area (Å²) in [6.45, 7) is 5.14. The van der Waals surface area contributed by atoms with Crippen LogP contribution in [0.1, 0.15) is 52.4 Å². The SMILES string of the molecule is CNOC(O)CC1=CCN2C(CC(C)C)CCC3=C(C4=CC4=C(OC)C(O)=C3)C2CCC1=O. The minimum absolute atomic E-state index is 0.0605. The van der Waals surface area contributed by atoms with E-state index in [1.54, 1.807) is 14.2 Å². The van der Waals surface area contributed by atoms with Crippen molar-refractivity contribution in [2.45, 2.75) is 70.7 Å². The molecule has 33 heavy (non-hydrogen) atoms. The van der Waals surface area contributed by atoms with Gasteiger partial charge in [-0.2, -0.15) is 0 Å². The zero-order valence-electron chi connectivity index (χ0n) is 20.1. The van der Waals surface area contributed by atoms with Gasteiger partial charge in [-0.1, -0.05) is 19.9 Å². The Morgan fingerprint density at radius 2 is 2.03 bits per heavy atom. The number of ketones is 1. The molecule has 3 N–H and O–H groups in total. The summed E-state index contributed by atoms with van der Waals surface area (Å²) in [5, 5.41) is 20.8. The molecule has 3 unspecified atom stereocenters. The molecule has 4 aliphatic rings. The lowest BCUT2D eigenvalue weighted by atomic mass is 9.89. The number of fused-ring (bicyclic) bond motifs is 4. The first-order valence-corrected chi connectivity index (χ1v) is 12.0. The molecule has 0 amide bonds. The fourth-order valence-electron chi connectivity index (χ4n) is 5.57. The quantitative estimate of drug-likeness (QED) is 0.398. The van der Waals surface area contributed by atoms with Crippen LogP contribution in [-0.4, -0.2) is 60.0 Å². The molecule has 0 spiro atoms. The van der Waals surface area contributed by atoms with E-state index in [2.05, 4.69) is 30.3 Å². The lowest BCUT2D eigenvalue weighted by Crippen LogP contribution is -2.45. The fourth-order valence-corrected chi connectivity index (χ4v) is 5.57. The number of hydrogen-bond acceptors (Lipinski definition) is 7. The molecule has 0 fully saturated rings. The predicted molar refractivity (Wildman–Crippen MR) is 126 cm³/mol. The van der Waals surface area contributed by atoms with Gasteiger partial charge in [-0.05, 0) is 66.0 Å². The number of carbonyl (C=O) groups excluding carboxylic acids is 1. The lowest BCUT2D eigenvalue weighted by molar-refractivity contribution is -0.140. The summed E-state index contributed by atoms with van der Waals surface area (Å²) in [6, 6.07) is 0.464. The van der Waals surface area contributed by atoms with E-state index >= 15 is 0 Å². The molecule has 0 saturated heterocycles. The Hall–Kier alpha value is -2.19. The van der Waals surface area contributed by atoms with Gasteiger partial charge < -0.3 is 14.9 Å². The topological polar surface area (TPSA) is 91.3 Å².